The maximum atomic E-state index is 13.7. The summed E-state index contributed by atoms with van der Waals surface area (Å²) in [5, 5.41) is 26.7. The lowest BCUT2D eigenvalue weighted by Crippen LogP contribution is -2.34. The van der Waals surface area contributed by atoms with E-state index in [0.29, 0.717) is 53.2 Å². The minimum absolute atomic E-state index is 0.00465. The number of phosphoric ester groups is 1. The van der Waals surface area contributed by atoms with Crippen LogP contribution in [0, 0.1) is 25.7 Å². The van der Waals surface area contributed by atoms with Gasteiger partial charge < -0.3 is 64.4 Å². The van der Waals surface area contributed by atoms with E-state index in [1.165, 1.54) is 30.3 Å². The number of anilines is 1. The molecule has 474 valence electrons. The number of nitrogens with zero attached hydrogens (tertiary/aromatic N) is 5. The van der Waals surface area contributed by atoms with Crippen LogP contribution >= 0.6 is 23.2 Å². The second-order valence-corrected chi connectivity index (χ2v) is 24.6. The molecular formula is C55H63N10O21P3. The van der Waals surface area contributed by atoms with Gasteiger partial charge in [-0.15, -0.1) is 0 Å². The van der Waals surface area contributed by atoms with Gasteiger partial charge in [0.2, 0.25) is 5.91 Å². The van der Waals surface area contributed by atoms with Crippen LogP contribution in [0.5, 0.6) is 5.75 Å². The Morgan fingerprint density at radius 1 is 0.899 bits per heavy atom. The third-order valence-corrected chi connectivity index (χ3v) is 17.0. The zero-order valence-electron chi connectivity index (χ0n) is 48.5. The van der Waals surface area contributed by atoms with Crippen molar-refractivity contribution in [2.45, 2.75) is 59.1 Å². The van der Waals surface area contributed by atoms with Crippen LogP contribution < -0.4 is 42.6 Å². The van der Waals surface area contributed by atoms with E-state index in [1.807, 2.05) is 52.0 Å². The number of ether oxygens (including phenoxy) is 4. The average Bonchev–Trinajstić information content (AvgIpc) is 1.13. The van der Waals surface area contributed by atoms with Gasteiger partial charge in [-0.2, -0.15) is 4.31 Å². The van der Waals surface area contributed by atoms with Crippen molar-refractivity contribution in [1.82, 2.24) is 25.5 Å². The molecule has 3 aliphatic rings. The number of carboxylic acids is 1. The van der Waals surface area contributed by atoms with Crippen LogP contribution in [0.4, 0.5) is 5.69 Å². The van der Waals surface area contributed by atoms with E-state index in [4.69, 9.17) is 33.8 Å². The fraction of sp³-hybridized carbons (Fsp3) is 0.364. The normalized spacial score (nSPS) is 16.4. The topological polar surface area (TPSA) is 442 Å². The van der Waals surface area contributed by atoms with Crippen molar-refractivity contribution in [3.8, 4) is 40.0 Å². The van der Waals surface area contributed by atoms with Gasteiger partial charge in [-0.25, -0.2) is 23.0 Å². The highest BCUT2D eigenvalue weighted by atomic mass is 31.3. The molecule has 0 radical (unpaired) electrons. The average molecular weight is 1290 g/mol. The zero-order chi connectivity index (χ0) is 64.6. The second kappa shape index (κ2) is 30.8. The van der Waals surface area contributed by atoms with Gasteiger partial charge in [0.05, 0.1) is 43.4 Å². The number of aromatic carboxylic acids is 1. The van der Waals surface area contributed by atoms with Crippen LogP contribution in [-0.2, 0) is 45.8 Å². The summed E-state index contributed by atoms with van der Waals surface area (Å²) in [6.07, 6.45) is -1.78. The first kappa shape index (κ1) is 68.2. The van der Waals surface area contributed by atoms with E-state index in [1.54, 1.807) is 12.1 Å². The summed E-state index contributed by atoms with van der Waals surface area (Å²) in [5.74, 6) is 3.00. The zero-order valence-corrected chi connectivity index (χ0v) is 51.1. The van der Waals surface area contributed by atoms with E-state index in [-0.39, 0.29) is 80.3 Å². The number of aromatic amines is 1. The number of H-pyrrole nitrogens is 1. The molecule has 4 aromatic rings. The number of phosphoric acid groups is 2. The van der Waals surface area contributed by atoms with Gasteiger partial charge in [-0.1, -0.05) is 23.0 Å². The van der Waals surface area contributed by atoms with Crippen molar-refractivity contribution in [3.63, 3.8) is 0 Å². The largest absolute Gasteiger partial charge is 0.491 e. The molecule has 34 heteroatoms. The number of aryl methyl sites for hydroxylation is 2. The molecule has 3 aromatic carbocycles. The molecule has 3 amide bonds. The van der Waals surface area contributed by atoms with Crippen molar-refractivity contribution in [3.05, 3.63) is 143 Å². The van der Waals surface area contributed by atoms with E-state index in [2.05, 4.69) is 66.3 Å². The molecule has 0 bridgehead atoms. The molecule has 4 unspecified atom stereocenters. The molecule has 1 fully saturated rings. The molecule has 1 aliphatic carbocycles. The Hall–Kier alpha value is -8.29. The van der Waals surface area contributed by atoms with Crippen LogP contribution in [0.1, 0.15) is 80.7 Å². The molecule has 31 nitrogen and oxygen atoms in total. The summed E-state index contributed by atoms with van der Waals surface area (Å²) < 4.78 is 77.5. The minimum atomic E-state index is -5.50. The first-order valence-corrected chi connectivity index (χ1v) is 32.2. The van der Waals surface area contributed by atoms with Gasteiger partial charge in [-0.3, -0.25) is 42.8 Å². The van der Waals surface area contributed by atoms with E-state index >= 15 is 0 Å². The van der Waals surface area contributed by atoms with Crippen LogP contribution in [0.15, 0.2) is 97.0 Å². The molecule has 2 aliphatic heterocycles. The van der Waals surface area contributed by atoms with Crippen molar-refractivity contribution < 1.29 is 89.2 Å². The number of carboxylic acid groups (broad SMARTS) is 1. The quantitative estimate of drug-likeness (QED) is 0.00506. The SMILES string of the molecule is CC/N=c1/cc2oc3cc(NCC)c(C)cc3c(-c3cc(C(=O)NCCNC(=O)c4cccc(OCC(N=[N+]=[N-])OCCOCC(=O)NCC#Cc5cn([C@H]6CC[C@@H](COP(=O)(O)OP(=O)(O)OP(C)(=O)O)O6)c(=O)[nH]c5=O)c4)ccc3C(=O)O)c-2cc1C. The molecule has 1 aromatic heterocycles. The summed E-state index contributed by atoms with van der Waals surface area (Å²) >= 11 is 0. The monoisotopic (exact) mass is 1290 g/mol. The number of azide groups is 1. The molecule has 89 heavy (non-hydrogen) atoms. The Labute approximate surface area is 506 Å². The van der Waals surface area contributed by atoms with Gasteiger partial charge in [0.1, 0.15) is 42.1 Å². The predicted molar refractivity (Wildman–Crippen MR) is 319 cm³/mol. The van der Waals surface area contributed by atoms with Crippen molar-refractivity contribution in [1.29, 1.82) is 0 Å². The lowest BCUT2D eigenvalue weighted by atomic mass is 9.88. The number of aromatic nitrogens is 2. The summed E-state index contributed by atoms with van der Waals surface area (Å²) in [6.45, 7) is 7.55. The third kappa shape index (κ3) is 19.4. The number of nitrogens with one attached hydrogen (secondary N) is 5. The van der Waals surface area contributed by atoms with Crippen molar-refractivity contribution >= 4 is 63.6 Å². The van der Waals surface area contributed by atoms with Gasteiger partial charge in [-0.05, 0) is 111 Å². The molecule has 6 atom stereocenters. The number of benzene rings is 4. The van der Waals surface area contributed by atoms with Crippen LogP contribution in [-0.4, -0.2) is 138 Å². The highest BCUT2D eigenvalue weighted by Gasteiger charge is 2.40. The number of amides is 3. The van der Waals surface area contributed by atoms with Gasteiger partial charge >= 0.3 is 34.9 Å². The lowest BCUT2D eigenvalue weighted by Gasteiger charge is -2.20. The van der Waals surface area contributed by atoms with Crippen LogP contribution in [0.3, 0.4) is 0 Å². The molecule has 0 saturated carbocycles. The Bertz CT molecular complexity index is 4070. The summed E-state index contributed by atoms with van der Waals surface area (Å²) in [6, 6.07) is 18.0. The Kier molecular flexibility index (Phi) is 23.6. The predicted octanol–water partition coefficient (Wildman–Crippen LogP) is 5.84. The molecule has 3 heterocycles. The Morgan fingerprint density at radius 2 is 1.64 bits per heavy atom. The number of carbonyl (C=O) groups excluding carboxylic acids is 3. The van der Waals surface area contributed by atoms with E-state index in [0.717, 1.165) is 32.9 Å². The number of fused-ring (bicyclic) bond motifs is 2. The summed E-state index contributed by atoms with van der Waals surface area (Å²) in [4.78, 5) is 115. The molecule has 7 rings (SSSR count). The first-order chi connectivity index (χ1) is 42.3. The second-order valence-electron chi connectivity index (χ2n) is 19.6. The lowest BCUT2D eigenvalue weighted by molar-refractivity contribution is -0.126. The van der Waals surface area contributed by atoms with E-state index in [9.17, 15) is 57.4 Å². The summed E-state index contributed by atoms with van der Waals surface area (Å²) in [5.41, 5.74) is 12.2. The van der Waals surface area contributed by atoms with Gasteiger partial charge in [0.15, 0.2) is 6.23 Å². The highest BCUT2D eigenvalue weighted by Crippen LogP contribution is 2.66. The number of carbonyl (C=O) groups is 4. The molecule has 0 spiro atoms. The Morgan fingerprint density at radius 3 is 2.34 bits per heavy atom. The number of hydrogen-bond acceptors (Lipinski definition) is 20. The van der Waals surface area contributed by atoms with Crippen molar-refractivity contribution in [2.75, 3.05) is 77.7 Å². The smallest absolute Gasteiger partial charge is 0.488 e. The number of hydrogen-bond donors (Lipinski definition) is 9. The third-order valence-electron chi connectivity index (χ3n) is 12.8. The fourth-order valence-corrected chi connectivity index (χ4v) is 12.5. The highest BCUT2D eigenvalue weighted by molar-refractivity contribution is 7.68. The van der Waals surface area contributed by atoms with Crippen molar-refractivity contribution in [2.24, 2.45) is 10.1 Å². The molecular weight excluding hydrogens is 1230 g/mol. The molecule has 9 N–H and O–H groups in total. The number of rotatable bonds is 29. The van der Waals surface area contributed by atoms with Gasteiger partial charge in [0.25, 0.3) is 17.4 Å². The van der Waals surface area contributed by atoms with Crippen LogP contribution in [0.2, 0.25) is 0 Å². The minimum Gasteiger partial charge on any atom is -0.491 e. The maximum absolute atomic E-state index is 13.7. The molecule has 1 saturated heterocycles. The first-order valence-electron chi connectivity index (χ1n) is 27.2. The summed E-state index contributed by atoms with van der Waals surface area (Å²) in [7, 11) is -15.4. The van der Waals surface area contributed by atoms with E-state index < -0.39 is 90.0 Å². The van der Waals surface area contributed by atoms with Crippen LogP contribution in [0.25, 0.3) is 43.9 Å². The maximum Gasteiger partial charge on any atom is 0.488 e. The fourth-order valence-electron chi connectivity index (χ4n) is 8.98. The Balaban J connectivity index is 0.845. The standard InChI is InChI=1S/C55H63N10O21P3/c1-6-57-43-26-45-41(22-32(43)3)50(42-23-33(4)44(58-7-2)27-46(42)84-45)40-25-35(13-15-39(40)54(70)71)52(68)61-19-18-60-51(67)34-10-8-12-37(24-34)81-31-48(63-64-56)80-21-20-79-30-47(66)59-17-9-11-36-28-65(55(72)62-53(36)69)49-16-14-38(83-49)29-82-88(75,76)86-89(77,78)85-87(5,73)74/h8,10,12-13,15,22-28,38,48-49,57H,6-7,14,16-21,29-31H2,1-5H3,(H,59,66)(H,60,67)(H,61,68)(H,70,71)(H,73,74)(H,75,76)(H,77,78)(H,62,69,72)/b58-44-/t38-,48?,49+/m0/s1. The van der Waals surface area contributed by atoms with Gasteiger partial charge in [0, 0.05) is 89.4 Å².